The van der Waals surface area contributed by atoms with Crippen molar-refractivity contribution in [3.05, 3.63) is 24.3 Å². The molecule has 0 radical (unpaired) electrons. The summed E-state index contributed by atoms with van der Waals surface area (Å²) in [5.74, 6) is -0.704. The smallest absolute Gasteiger partial charge is 0.190 e. The third-order valence-corrected chi connectivity index (χ3v) is 4.55. The molecule has 0 bridgehead atoms. The topological polar surface area (TPSA) is 81.4 Å². The van der Waals surface area contributed by atoms with Gasteiger partial charge in [-0.3, -0.25) is 0 Å². The van der Waals surface area contributed by atoms with Gasteiger partial charge in [0, 0.05) is 5.69 Å². The molecule has 1 aromatic carbocycles. The van der Waals surface area contributed by atoms with E-state index < -0.39 is 17.9 Å². The van der Waals surface area contributed by atoms with Crippen LogP contribution in [0.25, 0.3) is 0 Å². The van der Waals surface area contributed by atoms with E-state index in [-0.39, 0.29) is 24.4 Å². The fourth-order valence-electron chi connectivity index (χ4n) is 3.57. The summed E-state index contributed by atoms with van der Waals surface area (Å²) >= 11 is 0. The van der Waals surface area contributed by atoms with Crippen molar-refractivity contribution in [3.8, 4) is 5.75 Å². The van der Waals surface area contributed by atoms with Crippen LogP contribution < -0.4 is 10.5 Å². The van der Waals surface area contributed by atoms with E-state index in [2.05, 4.69) is 0 Å². The summed E-state index contributed by atoms with van der Waals surface area (Å²) in [6, 6.07) is 7.24. The lowest BCUT2D eigenvalue weighted by Crippen LogP contribution is -2.56. The number of ether oxygens (including phenoxy) is 6. The average Bonchev–Trinajstić information content (AvgIpc) is 3.00. The highest BCUT2D eigenvalue weighted by Crippen LogP contribution is 2.44. The molecular formula is C18H25NO6. The Bertz CT molecular complexity index is 631. The zero-order valence-electron chi connectivity index (χ0n) is 14.9. The van der Waals surface area contributed by atoms with E-state index in [1.165, 1.54) is 0 Å². The summed E-state index contributed by atoms with van der Waals surface area (Å²) in [6.07, 6.45) is -1.72. The molecule has 5 atom stereocenters. The lowest BCUT2D eigenvalue weighted by atomic mass is 9.99. The molecule has 0 aromatic heterocycles. The summed E-state index contributed by atoms with van der Waals surface area (Å²) in [7, 11) is 0. The van der Waals surface area contributed by atoms with Gasteiger partial charge in [0.1, 0.15) is 36.8 Å². The van der Waals surface area contributed by atoms with Crippen LogP contribution in [-0.2, 0) is 23.7 Å². The van der Waals surface area contributed by atoms with Gasteiger partial charge >= 0.3 is 0 Å². The van der Waals surface area contributed by atoms with Crippen LogP contribution in [0.2, 0.25) is 0 Å². The number of nitrogens with two attached hydrogens (primary N) is 1. The Labute approximate surface area is 147 Å². The Morgan fingerprint density at radius 2 is 1.48 bits per heavy atom. The number of anilines is 1. The first-order chi connectivity index (χ1) is 11.7. The fourth-order valence-corrected chi connectivity index (χ4v) is 3.57. The highest BCUT2D eigenvalue weighted by atomic mass is 16.9. The zero-order chi connectivity index (χ0) is 17.8. The van der Waals surface area contributed by atoms with Crippen LogP contribution >= 0.6 is 0 Å². The SMILES string of the molecule is CC1(C)O[C@H]2[C@@H](O1)[C@@H](COc1ccc(N)cc1)O[C@@H]1OC(C)(C)O[C@@H]12. The van der Waals surface area contributed by atoms with E-state index in [9.17, 15) is 0 Å². The third-order valence-electron chi connectivity index (χ3n) is 4.55. The number of rotatable bonds is 3. The van der Waals surface area contributed by atoms with Gasteiger partial charge in [-0.05, 0) is 52.0 Å². The van der Waals surface area contributed by atoms with E-state index in [0.717, 1.165) is 5.75 Å². The van der Waals surface area contributed by atoms with Crippen molar-refractivity contribution in [2.24, 2.45) is 0 Å². The van der Waals surface area contributed by atoms with Crippen LogP contribution in [0, 0.1) is 0 Å². The molecule has 7 nitrogen and oxygen atoms in total. The summed E-state index contributed by atoms with van der Waals surface area (Å²) < 4.78 is 36.0. The molecule has 0 spiro atoms. The van der Waals surface area contributed by atoms with E-state index in [1.807, 2.05) is 39.8 Å². The highest BCUT2D eigenvalue weighted by Gasteiger charge is 2.60. The van der Waals surface area contributed by atoms with Gasteiger partial charge in [0.15, 0.2) is 17.9 Å². The predicted molar refractivity (Wildman–Crippen MR) is 88.9 cm³/mol. The molecule has 7 heteroatoms. The molecule has 1 aromatic rings. The molecule has 2 N–H and O–H groups in total. The highest BCUT2D eigenvalue weighted by molar-refractivity contribution is 5.41. The number of fused-ring (bicyclic) bond motifs is 3. The molecule has 0 aliphatic carbocycles. The Kier molecular flexibility index (Phi) is 3.97. The van der Waals surface area contributed by atoms with Gasteiger partial charge in [-0.15, -0.1) is 0 Å². The van der Waals surface area contributed by atoms with Crippen molar-refractivity contribution in [3.63, 3.8) is 0 Å². The number of nitrogen functional groups attached to an aromatic ring is 1. The van der Waals surface area contributed by atoms with E-state index in [0.29, 0.717) is 12.3 Å². The minimum atomic E-state index is -0.720. The van der Waals surface area contributed by atoms with Crippen molar-refractivity contribution in [2.45, 2.75) is 70.0 Å². The van der Waals surface area contributed by atoms with Crippen molar-refractivity contribution < 1.29 is 28.4 Å². The molecule has 4 rings (SSSR count). The van der Waals surface area contributed by atoms with Crippen molar-refractivity contribution in [1.82, 2.24) is 0 Å². The molecule has 3 fully saturated rings. The molecule has 25 heavy (non-hydrogen) atoms. The van der Waals surface area contributed by atoms with E-state index in [4.69, 9.17) is 34.2 Å². The first-order valence-corrected chi connectivity index (χ1v) is 8.58. The quantitative estimate of drug-likeness (QED) is 0.835. The number of benzene rings is 1. The second kappa shape index (κ2) is 5.82. The van der Waals surface area contributed by atoms with Crippen LogP contribution in [0.1, 0.15) is 27.7 Å². The standard InChI is InChI=1S/C18H25NO6/c1-17(2)22-13-12(9-20-11-7-5-10(19)6-8-11)21-16-15(14(13)23-17)24-18(3,4)25-16/h5-8,12-16H,9,19H2,1-4H3/t12-,13+,14+,15-,16-/m1/s1. The van der Waals surface area contributed by atoms with Crippen LogP contribution in [0.15, 0.2) is 24.3 Å². The average molecular weight is 351 g/mol. The molecule has 3 saturated heterocycles. The Morgan fingerprint density at radius 3 is 2.20 bits per heavy atom. The van der Waals surface area contributed by atoms with Gasteiger partial charge in [0.25, 0.3) is 0 Å². The van der Waals surface area contributed by atoms with Crippen LogP contribution in [0.4, 0.5) is 5.69 Å². The van der Waals surface area contributed by atoms with E-state index >= 15 is 0 Å². The Hall–Kier alpha value is -1.38. The van der Waals surface area contributed by atoms with Crippen LogP contribution in [0.3, 0.4) is 0 Å². The minimum Gasteiger partial charge on any atom is -0.491 e. The second-order valence-electron chi connectivity index (χ2n) is 7.59. The summed E-state index contributed by atoms with van der Waals surface area (Å²) in [5.41, 5.74) is 6.39. The molecule has 0 amide bonds. The molecular weight excluding hydrogens is 326 g/mol. The van der Waals surface area contributed by atoms with Gasteiger partial charge in [0.05, 0.1) is 0 Å². The maximum Gasteiger partial charge on any atom is 0.190 e. The van der Waals surface area contributed by atoms with Crippen LogP contribution in [-0.4, -0.2) is 48.9 Å². The van der Waals surface area contributed by atoms with E-state index in [1.54, 1.807) is 12.1 Å². The first kappa shape index (κ1) is 17.1. The molecule has 3 aliphatic rings. The second-order valence-corrected chi connectivity index (χ2v) is 7.59. The number of hydrogen-bond acceptors (Lipinski definition) is 7. The maximum atomic E-state index is 6.10. The Balaban J connectivity index is 1.50. The van der Waals surface area contributed by atoms with Crippen molar-refractivity contribution >= 4 is 5.69 Å². The van der Waals surface area contributed by atoms with Crippen molar-refractivity contribution in [1.29, 1.82) is 0 Å². The number of hydrogen-bond donors (Lipinski definition) is 1. The van der Waals surface area contributed by atoms with Gasteiger partial charge < -0.3 is 34.2 Å². The lowest BCUT2D eigenvalue weighted by Gasteiger charge is -2.37. The molecule has 0 saturated carbocycles. The minimum absolute atomic E-state index is 0.268. The first-order valence-electron chi connectivity index (χ1n) is 8.58. The third kappa shape index (κ3) is 3.35. The fraction of sp³-hybridized carbons (Fsp3) is 0.667. The normalized spacial score (nSPS) is 38.2. The molecule has 3 heterocycles. The van der Waals surface area contributed by atoms with Gasteiger partial charge in [0.2, 0.25) is 0 Å². The summed E-state index contributed by atoms with van der Waals surface area (Å²) in [5, 5.41) is 0. The predicted octanol–water partition coefficient (Wildman–Crippen LogP) is 2.04. The zero-order valence-corrected chi connectivity index (χ0v) is 14.9. The Morgan fingerprint density at radius 1 is 0.880 bits per heavy atom. The molecule has 0 unspecified atom stereocenters. The van der Waals surface area contributed by atoms with Gasteiger partial charge in [-0.25, -0.2) is 0 Å². The molecule has 138 valence electrons. The summed E-state index contributed by atoms with van der Waals surface area (Å²) in [4.78, 5) is 0. The molecule has 3 aliphatic heterocycles. The van der Waals surface area contributed by atoms with Gasteiger partial charge in [-0.1, -0.05) is 0 Å². The van der Waals surface area contributed by atoms with Gasteiger partial charge in [-0.2, -0.15) is 0 Å². The van der Waals surface area contributed by atoms with Crippen molar-refractivity contribution in [2.75, 3.05) is 12.3 Å². The summed E-state index contributed by atoms with van der Waals surface area (Å²) in [6.45, 7) is 7.82. The lowest BCUT2D eigenvalue weighted by molar-refractivity contribution is -0.238. The maximum absolute atomic E-state index is 6.10. The monoisotopic (exact) mass is 351 g/mol. The largest absolute Gasteiger partial charge is 0.491 e. The van der Waals surface area contributed by atoms with Crippen LogP contribution in [0.5, 0.6) is 5.75 Å².